The van der Waals surface area contributed by atoms with Crippen molar-refractivity contribution in [2.75, 3.05) is 6.61 Å². The summed E-state index contributed by atoms with van der Waals surface area (Å²) in [7, 11) is 0. The standard InChI is InChI=1S/C20H21N3O3/c1-13-18(20(24)25)11-22-19(23-13)14-6-8-17(9-7-14)26-12-16-5-3-2-4-15(16)10-21/h6-9,11,15-16H,2-5,12H2,1H3,(H,24,25). The average Bonchev–Trinajstić information content (AvgIpc) is 2.66. The first-order chi connectivity index (χ1) is 12.6. The summed E-state index contributed by atoms with van der Waals surface area (Å²) in [5.74, 6) is 0.581. The fourth-order valence-corrected chi connectivity index (χ4v) is 3.30. The van der Waals surface area contributed by atoms with E-state index in [1.807, 2.05) is 24.3 Å². The molecule has 0 spiro atoms. The lowest BCUT2D eigenvalue weighted by atomic mass is 9.81. The molecular formula is C20H21N3O3. The van der Waals surface area contributed by atoms with Gasteiger partial charge in [-0.15, -0.1) is 0 Å². The summed E-state index contributed by atoms with van der Waals surface area (Å²) in [5, 5.41) is 18.3. The molecule has 0 aliphatic heterocycles. The van der Waals surface area contributed by atoms with E-state index in [2.05, 4.69) is 16.0 Å². The Labute approximate surface area is 152 Å². The number of ether oxygens (including phenoxy) is 1. The second-order valence-electron chi connectivity index (χ2n) is 6.61. The molecule has 0 saturated heterocycles. The van der Waals surface area contributed by atoms with Crippen LogP contribution in [0.2, 0.25) is 0 Å². The molecule has 6 heteroatoms. The second kappa shape index (κ2) is 7.96. The molecule has 1 N–H and O–H groups in total. The molecule has 1 heterocycles. The van der Waals surface area contributed by atoms with Crippen molar-refractivity contribution >= 4 is 5.97 Å². The Morgan fingerprint density at radius 1 is 1.31 bits per heavy atom. The van der Waals surface area contributed by atoms with Crippen molar-refractivity contribution in [3.63, 3.8) is 0 Å². The Kier molecular flexibility index (Phi) is 5.47. The molecule has 3 rings (SSSR count). The van der Waals surface area contributed by atoms with Crippen molar-refractivity contribution in [1.29, 1.82) is 5.26 Å². The number of hydrogen-bond acceptors (Lipinski definition) is 5. The van der Waals surface area contributed by atoms with Gasteiger partial charge in [-0.1, -0.05) is 12.8 Å². The first-order valence-corrected chi connectivity index (χ1v) is 8.78. The van der Waals surface area contributed by atoms with Crippen molar-refractivity contribution < 1.29 is 14.6 Å². The highest BCUT2D eigenvalue weighted by atomic mass is 16.5. The Hall–Kier alpha value is -2.94. The van der Waals surface area contributed by atoms with Crippen molar-refractivity contribution in [2.24, 2.45) is 11.8 Å². The van der Waals surface area contributed by atoms with Gasteiger partial charge in [0.05, 0.1) is 29.9 Å². The number of nitrogens with zero attached hydrogens (tertiary/aromatic N) is 3. The lowest BCUT2D eigenvalue weighted by Gasteiger charge is -2.26. The molecule has 1 aromatic carbocycles. The highest BCUT2D eigenvalue weighted by Crippen LogP contribution is 2.30. The molecule has 0 bridgehead atoms. The number of aromatic carboxylic acids is 1. The van der Waals surface area contributed by atoms with Gasteiger partial charge in [0, 0.05) is 17.7 Å². The van der Waals surface area contributed by atoms with Crippen LogP contribution in [-0.4, -0.2) is 27.7 Å². The molecule has 1 saturated carbocycles. The zero-order chi connectivity index (χ0) is 18.5. The fourth-order valence-electron chi connectivity index (χ4n) is 3.30. The van der Waals surface area contributed by atoms with Gasteiger partial charge < -0.3 is 9.84 Å². The maximum Gasteiger partial charge on any atom is 0.339 e. The fraction of sp³-hybridized carbons (Fsp3) is 0.400. The van der Waals surface area contributed by atoms with E-state index in [1.54, 1.807) is 6.92 Å². The van der Waals surface area contributed by atoms with Crippen LogP contribution >= 0.6 is 0 Å². The molecule has 2 atom stereocenters. The molecule has 1 aliphatic rings. The topological polar surface area (TPSA) is 96.1 Å². The van der Waals surface area contributed by atoms with Gasteiger partial charge in [0.1, 0.15) is 5.75 Å². The largest absolute Gasteiger partial charge is 0.493 e. The normalized spacial score (nSPS) is 19.5. The van der Waals surface area contributed by atoms with Gasteiger partial charge in [0.15, 0.2) is 5.82 Å². The van der Waals surface area contributed by atoms with E-state index in [0.29, 0.717) is 24.0 Å². The number of aryl methyl sites for hydroxylation is 1. The molecule has 0 amide bonds. The maximum atomic E-state index is 11.0. The minimum atomic E-state index is -1.03. The van der Waals surface area contributed by atoms with Crippen molar-refractivity contribution in [3.05, 3.63) is 41.7 Å². The molecule has 134 valence electrons. The van der Waals surface area contributed by atoms with Crippen LogP contribution in [0.3, 0.4) is 0 Å². The molecule has 1 aliphatic carbocycles. The molecule has 0 radical (unpaired) electrons. The van der Waals surface area contributed by atoms with Gasteiger partial charge in [-0.2, -0.15) is 5.26 Å². The molecule has 1 fully saturated rings. The second-order valence-corrected chi connectivity index (χ2v) is 6.61. The number of nitriles is 1. The van der Waals surface area contributed by atoms with Crippen LogP contribution < -0.4 is 4.74 Å². The van der Waals surface area contributed by atoms with Crippen LogP contribution in [0.15, 0.2) is 30.5 Å². The third kappa shape index (κ3) is 3.99. The molecule has 2 unspecified atom stereocenters. The Bertz CT molecular complexity index is 827. The zero-order valence-corrected chi connectivity index (χ0v) is 14.7. The molecule has 2 aromatic rings. The molecular weight excluding hydrogens is 330 g/mol. The summed E-state index contributed by atoms with van der Waals surface area (Å²) in [4.78, 5) is 19.4. The first-order valence-electron chi connectivity index (χ1n) is 8.78. The Morgan fingerprint density at radius 2 is 2.04 bits per heavy atom. The summed E-state index contributed by atoms with van der Waals surface area (Å²) in [6, 6.07) is 9.81. The number of carboxylic acid groups (broad SMARTS) is 1. The predicted octanol–water partition coefficient (Wildman–Crippen LogP) is 3.86. The Morgan fingerprint density at radius 3 is 2.69 bits per heavy atom. The monoisotopic (exact) mass is 351 g/mol. The average molecular weight is 351 g/mol. The number of hydrogen-bond donors (Lipinski definition) is 1. The smallest absolute Gasteiger partial charge is 0.339 e. The lowest BCUT2D eigenvalue weighted by Crippen LogP contribution is -2.24. The molecule has 26 heavy (non-hydrogen) atoms. The van der Waals surface area contributed by atoms with Crippen LogP contribution in [0, 0.1) is 30.1 Å². The number of rotatable bonds is 5. The third-order valence-corrected chi connectivity index (χ3v) is 4.86. The number of carbonyl (C=O) groups is 1. The van der Waals surface area contributed by atoms with Gasteiger partial charge >= 0.3 is 5.97 Å². The van der Waals surface area contributed by atoms with Crippen LogP contribution in [0.1, 0.15) is 41.7 Å². The zero-order valence-electron chi connectivity index (χ0n) is 14.7. The molecule has 6 nitrogen and oxygen atoms in total. The van der Waals surface area contributed by atoms with E-state index >= 15 is 0 Å². The highest BCUT2D eigenvalue weighted by molar-refractivity contribution is 5.88. The lowest BCUT2D eigenvalue weighted by molar-refractivity contribution is 0.0695. The quantitative estimate of drug-likeness (QED) is 0.878. The van der Waals surface area contributed by atoms with E-state index < -0.39 is 5.97 Å². The third-order valence-electron chi connectivity index (χ3n) is 4.86. The minimum absolute atomic E-state index is 0.0900. The van der Waals surface area contributed by atoms with Crippen LogP contribution in [0.4, 0.5) is 0 Å². The van der Waals surface area contributed by atoms with Gasteiger partial charge in [-0.25, -0.2) is 14.8 Å². The number of benzene rings is 1. The van der Waals surface area contributed by atoms with Gasteiger partial charge in [0.25, 0.3) is 0 Å². The van der Waals surface area contributed by atoms with E-state index in [1.165, 1.54) is 6.20 Å². The minimum Gasteiger partial charge on any atom is -0.493 e. The summed E-state index contributed by atoms with van der Waals surface area (Å²) in [6.45, 7) is 2.21. The summed E-state index contributed by atoms with van der Waals surface area (Å²) >= 11 is 0. The van der Waals surface area contributed by atoms with E-state index in [4.69, 9.17) is 9.84 Å². The van der Waals surface area contributed by atoms with Crippen LogP contribution in [-0.2, 0) is 0 Å². The van der Waals surface area contributed by atoms with Crippen molar-refractivity contribution in [1.82, 2.24) is 9.97 Å². The van der Waals surface area contributed by atoms with Gasteiger partial charge in [-0.05, 0) is 44.0 Å². The van der Waals surface area contributed by atoms with Crippen molar-refractivity contribution in [2.45, 2.75) is 32.6 Å². The summed E-state index contributed by atoms with van der Waals surface area (Å²) < 4.78 is 5.87. The number of aromatic nitrogens is 2. The van der Waals surface area contributed by atoms with Crippen LogP contribution in [0.5, 0.6) is 5.75 Å². The van der Waals surface area contributed by atoms with Crippen molar-refractivity contribution in [3.8, 4) is 23.2 Å². The highest BCUT2D eigenvalue weighted by Gasteiger charge is 2.25. The first kappa shape index (κ1) is 17.9. The van der Waals surface area contributed by atoms with E-state index in [-0.39, 0.29) is 11.5 Å². The SMILES string of the molecule is Cc1nc(-c2ccc(OCC3CCCCC3C#N)cc2)ncc1C(=O)O. The van der Waals surface area contributed by atoms with Gasteiger partial charge in [0.2, 0.25) is 0 Å². The van der Waals surface area contributed by atoms with Crippen LogP contribution in [0.25, 0.3) is 11.4 Å². The molecule has 1 aromatic heterocycles. The summed E-state index contributed by atoms with van der Waals surface area (Å²) in [5.41, 5.74) is 1.33. The Balaban J connectivity index is 1.66. The van der Waals surface area contributed by atoms with Gasteiger partial charge in [-0.3, -0.25) is 0 Å². The van der Waals surface area contributed by atoms with E-state index in [9.17, 15) is 10.1 Å². The number of carboxylic acids is 1. The maximum absolute atomic E-state index is 11.0. The summed E-state index contributed by atoms with van der Waals surface area (Å²) in [6.07, 6.45) is 5.62. The van der Waals surface area contributed by atoms with E-state index in [0.717, 1.165) is 37.0 Å². The predicted molar refractivity (Wildman–Crippen MR) is 95.7 cm³/mol.